The quantitative estimate of drug-likeness (QED) is 0.806. The Balaban J connectivity index is 2.84. The Morgan fingerprint density at radius 3 is 2.63 bits per heavy atom. The first-order chi connectivity index (χ1) is 8.88. The zero-order valence-electron chi connectivity index (χ0n) is 11.2. The number of hydrogen-bond donors (Lipinski definition) is 1. The summed E-state index contributed by atoms with van der Waals surface area (Å²) < 4.78 is 24.3. The van der Waals surface area contributed by atoms with E-state index in [4.69, 9.17) is 0 Å². The minimum Gasteiger partial charge on any atom is -0.352 e. The third-order valence-corrected chi connectivity index (χ3v) is 4.95. The van der Waals surface area contributed by atoms with Crippen molar-refractivity contribution in [3.63, 3.8) is 0 Å². The van der Waals surface area contributed by atoms with E-state index in [1.54, 1.807) is 12.1 Å². The van der Waals surface area contributed by atoms with Crippen LogP contribution in [-0.2, 0) is 20.4 Å². The molecule has 104 valence electrons. The molecule has 1 aromatic rings. The predicted octanol–water partition coefficient (Wildman–Crippen LogP) is 1.60. The molecule has 0 aliphatic rings. The van der Waals surface area contributed by atoms with Crippen molar-refractivity contribution >= 4 is 15.7 Å². The normalized spacial score (nSPS) is 12.7. The summed E-state index contributed by atoms with van der Waals surface area (Å²) in [5.41, 5.74) is 1.63. The SMILES string of the molecule is C=CCNC(=O)[C@H](C)S(=O)(=O)Cc1ccccc1C. The van der Waals surface area contributed by atoms with Gasteiger partial charge in [0.25, 0.3) is 0 Å². The van der Waals surface area contributed by atoms with Gasteiger partial charge in [0.15, 0.2) is 9.84 Å². The van der Waals surface area contributed by atoms with Crippen LogP contribution in [-0.4, -0.2) is 26.1 Å². The Bertz CT molecular complexity index is 564. The van der Waals surface area contributed by atoms with E-state index in [0.717, 1.165) is 11.1 Å². The smallest absolute Gasteiger partial charge is 0.238 e. The molecule has 0 saturated heterocycles. The van der Waals surface area contributed by atoms with Crippen molar-refractivity contribution in [1.82, 2.24) is 5.32 Å². The lowest BCUT2D eigenvalue weighted by Crippen LogP contribution is -2.38. The van der Waals surface area contributed by atoms with Crippen molar-refractivity contribution in [3.05, 3.63) is 48.0 Å². The average molecular weight is 281 g/mol. The van der Waals surface area contributed by atoms with Crippen LogP contribution in [0.25, 0.3) is 0 Å². The molecule has 0 aliphatic heterocycles. The highest BCUT2D eigenvalue weighted by molar-refractivity contribution is 7.92. The van der Waals surface area contributed by atoms with Crippen LogP contribution in [0.5, 0.6) is 0 Å². The standard InChI is InChI=1S/C14H19NO3S/c1-4-9-15-14(16)12(3)19(17,18)10-13-8-6-5-7-11(13)2/h4-8,12H,1,9-10H2,2-3H3,(H,15,16)/t12-/m0/s1. The lowest BCUT2D eigenvalue weighted by Gasteiger charge is -2.13. The predicted molar refractivity (Wildman–Crippen MR) is 76.5 cm³/mol. The Morgan fingerprint density at radius 2 is 2.05 bits per heavy atom. The summed E-state index contributed by atoms with van der Waals surface area (Å²) in [5.74, 6) is -0.615. The molecule has 1 N–H and O–H groups in total. The van der Waals surface area contributed by atoms with E-state index in [1.807, 2.05) is 19.1 Å². The van der Waals surface area contributed by atoms with Gasteiger partial charge >= 0.3 is 0 Å². The van der Waals surface area contributed by atoms with Crippen molar-refractivity contribution in [2.75, 3.05) is 6.54 Å². The number of benzene rings is 1. The van der Waals surface area contributed by atoms with E-state index in [-0.39, 0.29) is 12.3 Å². The van der Waals surface area contributed by atoms with Crippen LogP contribution in [0.3, 0.4) is 0 Å². The molecule has 1 rings (SSSR count). The molecule has 5 heteroatoms. The Morgan fingerprint density at radius 1 is 1.42 bits per heavy atom. The van der Waals surface area contributed by atoms with Gasteiger partial charge in [-0.2, -0.15) is 0 Å². The first-order valence-electron chi connectivity index (χ1n) is 6.03. The van der Waals surface area contributed by atoms with E-state index in [9.17, 15) is 13.2 Å². The molecule has 4 nitrogen and oxygen atoms in total. The van der Waals surface area contributed by atoms with E-state index in [0.29, 0.717) is 0 Å². The number of hydrogen-bond acceptors (Lipinski definition) is 3. The van der Waals surface area contributed by atoms with Crippen LogP contribution < -0.4 is 5.32 Å². The van der Waals surface area contributed by atoms with Gasteiger partial charge < -0.3 is 5.32 Å². The number of carbonyl (C=O) groups excluding carboxylic acids is 1. The van der Waals surface area contributed by atoms with Crippen molar-refractivity contribution in [3.8, 4) is 0 Å². The number of amides is 1. The highest BCUT2D eigenvalue weighted by atomic mass is 32.2. The molecule has 19 heavy (non-hydrogen) atoms. The maximum atomic E-state index is 12.2. The van der Waals surface area contributed by atoms with E-state index >= 15 is 0 Å². The Kier molecular flexibility index (Phi) is 5.30. The van der Waals surface area contributed by atoms with Gasteiger partial charge in [-0.15, -0.1) is 6.58 Å². The maximum Gasteiger partial charge on any atom is 0.238 e. The molecule has 1 amide bonds. The lowest BCUT2D eigenvalue weighted by atomic mass is 10.1. The van der Waals surface area contributed by atoms with E-state index in [1.165, 1.54) is 13.0 Å². The molecule has 0 saturated carbocycles. The van der Waals surface area contributed by atoms with Crippen molar-refractivity contribution in [1.29, 1.82) is 0 Å². The zero-order chi connectivity index (χ0) is 14.5. The Hall–Kier alpha value is -1.62. The molecule has 0 unspecified atom stereocenters. The van der Waals surface area contributed by atoms with Crippen LogP contribution in [0.2, 0.25) is 0 Å². The van der Waals surface area contributed by atoms with Gasteiger partial charge in [-0.1, -0.05) is 30.3 Å². The van der Waals surface area contributed by atoms with Gasteiger partial charge in [0.05, 0.1) is 5.75 Å². The van der Waals surface area contributed by atoms with Gasteiger partial charge in [0.1, 0.15) is 5.25 Å². The number of rotatable bonds is 6. The molecule has 0 spiro atoms. The summed E-state index contributed by atoms with van der Waals surface area (Å²) in [6.45, 7) is 7.00. The summed E-state index contributed by atoms with van der Waals surface area (Å²) in [4.78, 5) is 11.7. The molecular weight excluding hydrogens is 262 g/mol. The molecule has 1 atom stereocenters. The fourth-order valence-electron chi connectivity index (χ4n) is 1.59. The van der Waals surface area contributed by atoms with Crippen molar-refractivity contribution in [2.45, 2.75) is 24.9 Å². The highest BCUT2D eigenvalue weighted by Crippen LogP contribution is 2.15. The topological polar surface area (TPSA) is 63.2 Å². The van der Waals surface area contributed by atoms with E-state index < -0.39 is 21.0 Å². The van der Waals surface area contributed by atoms with Crippen molar-refractivity contribution < 1.29 is 13.2 Å². The summed E-state index contributed by atoms with van der Waals surface area (Å²) in [6, 6.07) is 7.26. The van der Waals surface area contributed by atoms with Crippen LogP contribution >= 0.6 is 0 Å². The fraction of sp³-hybridized carbons (Fsp3) is 0.357. The lowest BCUT2D eigenvalue weighted by molar-refractivity contribution is -0.120. The second-order valence-corrected chi connectivity index (χ2v) is 6.73. The minimum atomic E-state index is -3.51. The molecule has 1 aromatic carbocycles. The van der Waals surface area contributed by atoms with Crippen LogP contribution in [0.4, 0.5) is 0 Å². The number of aryl methyl sites for hydroxylation is 1. The van der Waals surface area contributed by atoms with Crippen LogP contribution in [0.15, 0.2) is 36.9 Å². The summed E-state index contributed by atoms with van der Waals surface area (Å²) in [6.07, 6.45) is 1.51. The zero-order valence-corrected chi connectivity index (χ0v) is 12.0. The molecule has 0 aliphatic carbocycles. The van der Waals surface area contributed by atoms with Gasteiger partial charge in [-0.25, -0.2) is 8.42 Å². The summed E-state index contributed by atoms with van der Waals surface area (Å²) >= 11 is 0. The minimum absolute atomic E-state index is 0.123. The van der Waals surface area contributed by atoms with Gasteiger partial charge in [0, 0.05) is 6.54 Å². The van der Waals surface area contributed by atoms with Gasteiger partial charge in [-0.05, 0) is 25.0 Å². The number of nitrogens with one attached hydrogen (secondary N) is 1. The number of sulfone groups is 1. The molecule has 0 fully saturated rings. The Labute approximate surface area is 114 Å². The monoisotopic (exact) mass is 281 g/mol. The summed E-state index contributed by atoms with van der Waals surface area (Å²) in [5, 5.41) is 1.44. The molecule has 0 radical (unpaired) electrons. The first kappa shape index (κ1) is 15.4. The molecule has 0 heterocycles. The van der Waals surface area contributed by atoms with Crippen molar-refractivity contribution in [2.24, 2.45) is 0 Å². The molecule has 0 bridgehead atoms. The second kappa shape index (κ2) is 6.52. The average Bonchev–Trinajstić information content (AvgIpc) is 2.37. The highest BCUT2D eigenvalue weighted by Gasteiger charge is 2.28. The summed E-state index contributed by atoms with van der Waals surface area (Å²) in [7, 11) is -3.51. The second-order valence-electron chi connectivity index (χ2n) is 4.41. The van der Waals surface area contributed by atoms with E-state index in [2.05, 4.69) is 11.9 Å². The molecular formula is C14H19NO3S. The van der Waals surface area contributed by atoms with Crippen LogP contribution in [0.1, 0.15) is 18.1 Å². The first-order valence-corrected chi connectivity index (χ1v) is 7.74. The molecule has 0 aromatic heterocycles. The third kappa shape index (κ3) is 4.21. The number of carbonyl (C=O) groups is 1. The maximum absolute atomic E-state index is 12.2. The third-order valence-electron chi connectivity index (χ3n) is 2.95. The fourth-order valence-corrected chi connectivity index (χ4v) is 3.01. The largest absolute Gasteiger partial charge is 0.352 e. The van der Waals surface area contributed by atoms with Gasteiger partial charge in [-0.3, -0.25) is 4.79 Å². The van der Waals surface area contributed by atoms with Crippen LogP contribution in [0, 0.1) is 6.92 Å². The van der Waals surface area contributed by atoms with Gasteiger partial charge in [0.2, 0.25) is 5.91 Å².